The van der Waals surface area contributed by atoms with E-state index in [9.17, 15) is 4.39 Å². The Labute approximate surface area is 215 Å². The summed E-state index contributed by atoms with van der Waals surface area (Å²) in [5, 5.41) is 0. The molecule has 3 rings (SSSR count). The third kappa shape index (κ3) is 8.17. The fourth-order valence-electron chi connectivity index (χ4n) is 3.90. The Bertz CT molecular complexity index is 1060. The molecule has 188 valence electrons. The molecule has 2 aromatic carbocycles. The maximum atomic E-state index is 14.7. The zero-order valence-corrected chi connectivity index (χ0v) is 22.7. The van der Waals surface area contributed by atoms with Crippen molar-refractivity contribution in [3.8, 4) is 5.75 Å². The van der Waals surface area contributed by atoms with Crippen molar-refractivity contribution in [2.45, 2.75) is 71.3 Å². The second-order valence-electron chi connectivity index (χ2n) is 8.66. The van der Waals surface area contributed by atoms with Crippen LogP contribution in [0.15, 0.2) is 94.8 Å². The molecule has 1 unspecified atom stereocenters. The smallest absolute Gasteiger partial charge is 0.119 e. The summed E-state index contributed by atoms with van der Waals surface area (Å²) in [5.74, 6) is 1.31. The number of hydrogen-bond acceptors (Lipinski definition) is 3. The SMILES string of the molecule is C=C(N)/C=C\C(C1=C(c2ccc(OC(CC)CCC)cc2)c2ccccc2SC1)=C(/C)F.CCC. The van der Waals surface area contributed by atoms with Gasteiger partial charge in [-0.3, -0.25) is 0 Å². The highest BCUT2D eigenvalue weighted by atomic mass is 32.2. The molecule has 0 saturated carbocycles. The maximum Gasteiger partial charge on any atom is 0.119 e. The summed E-state index contributed by atoms with van der Waals surface area (Å²) < 4.78 is 20.8. The number of allylic oxidation sites excluding steroid dienone is 4. The monoisotopic (exact) mass is 493 g/mol. The van der Waals surface area contributed by atoms with Gasteiger partial charge in [0.05, 0.1) is 6.10 Å². The molecule has 0 bridgehead atoms. The van der Waals surface area contributed by atoms with Gasteiger partial charge >= 0.3 is 0 Å². The Morgan fingerprint density at radius 3 is 2.31 bits per heavy atom. The summed E-state index contributed by atoms with van der Waals surface area (Å²) in [6, 6.07) is 16.5. The van der Waals surface area contributed by atoms with Gasteiger partial charge in [0.2, 0.25) is 0 Å². The van der Waals surface area contributed by atoms with Gasteiger partial charge < -0.3 is 10.5 Å². The first-order valence-corrected chi connectivity index (χ1v) is 13.6. The summed E-state index contributed by atoms with van der Waals surface area (Å²) >= 11 is 1.72. The van der Waals surface area contributed by atoms with E-state index in [0.29, 0.717) is 17.0 Å². The lowest BCUT2D eigenvalue weighted by atomic mass is 9.89. The third-order valence-electron chi connectivity index (χ3n) is 5.50. The number of thioether (sulfide) groups is 1. The minimum Gasteiger partial charge on any atom is -0.490 e. The quantitative estimate of drug-likeness (QED) is 0.354. The second-order valence-corrected chi connectivity index (χ2v) is 9.68. The van der Waals surface area contributed by atoms with Crippen LogP contribution in [-0.2, 0) is 0 Å². The molecule has 4 heteroatoms. The lowest BCUT2D eigenvalue weighted by Crippen LogP contribution is -2.14. The normalized spacial score (nSPS) is 14.6. The molecule has 2 aromatic rings. The number of nitrogens with two attached hydrogens (primary N) is 1. The topological polar surface area (TPSA) is 35.2 Å². The van der Waals surface area contributed by atoms with Crippen molar-refractivity contribution in [1.82, 2.24) is 0 Å². The molecule has 2 N–H and O–H groups in total. The number of rotatable bonds is 9. The molecule has 0 fully saturated rings. The number of halogens is 1. The highest BCUT2D eigenvalue weighted by molar-refractivity contribution is 7.99. The molecule has 0 amide bonds. The second kappa shape index (κ2) is 14.6. The first-order chi connectivity index (χ1) is 16.9. The van der Waals surface area contributed by atoms with Crippen molar-refractivity contribution in [1.29, 1.82) is 0 Å². The van der Waals surface area contributed by atoms with Gasteiger partial charge in [0.1, 0.15) is 11.6 Å². The van der Waals surface area contributed by atoms with Crippen LogP contribution < -0.4 is 10.5 Å². The summed E-state index contributed by atoms with van der Waals surface area (Å²) in [4.78, 5) is 1.20. The molecule has 0 saturated heterocycles. The zero-order valence-electron chi connectivity index (χ0n) is 21.9. The van der Waals surface area contributed by atoms with Crippen LogP contribution in [0.25, 0.3) is 5.57 Å². The van der Waals surface area contributed by atoms with Crippen molar-refractivity contribution >= 4 is 17.3 Å². The van der Waals surface area contributed by atoms with Crippen LogP contribution in [0.3, 0.4) is 0 Å². The maximum absolute atomic E-state index is 14.7. The summed E-state index contributed by atoms with van der Waals surface area (Å²) in [5.41, 5.74) is 10.8. The van der Waals surface area contributed by atoms with Gasteiger partial charge in [-0.05, 0) is 66.3 Å². The van der Waals surface area contributed by atoms with E-state index < -0.39 is 0 Å². The van der Waals surface area contributed by atoms with Crippen LogP contribution in [0.2, 0.25) is 0 Å². The van der Waals surface area contributed by atoms with Gasteiger partial charge in [-0.2, -0.15) is 0 Å². The average molecular weight is 494 g/mol. The highest BCUT2D eigenvalue weighted by Crippen LogP contribution is 2.44. The summed E-state index contributed by atoms with van der Waals surface area (Å²) in [6.07, 6.45) is 7.99. The molecule has 1 aliphatic heterocycles. The van der Waals surface area contributed by atoms with Crippen molar-refractivity contribution in [2.75, 3.05) is 5.75 Å². The minimum atomic E-state index is -0.236. The van der Waals surface area contributed by atoms with Crippen LogP contribution in [0.4, 0.5) is 4.39 Å². The van der Waals surface area contributed by atoms with Crippen LogP contribution in [0, 0.1) is 0 Å². The highest BCUT2D eigenvalue weighted by Gasteiger charge is 2.23. The molecule has 1 aliphatic rings. The van der Waals surface area contributed by atoms with Gasteiger partial charge in [-0.15, -0.1) is 11.8 Å². The number of ether oxygens (including phenoxy) is 1. The van der Waals surface area contributed by atoms with Crippen LogP contribution in [0.5, 0.6) is 5.75 Å². The first kappa shape index (κ1) is 28.5. The zero-order chi connectivity index (χ0) is 25.8. The van der Waals surface area contributed by atoms with Crippen molar-refractivity contribution < 1.29 is 9.13 Å². The average Bonchev–Trinajstić information content (AvgIpc) is 2.84. The standard InChI is InChI=1S/C28H32FNOS.C3H8/c1-5-9-22(6-2)31-23-15-13-21(14-16-23)28-25-10-7-8-11-27(25)32-18-26(28)24(20(4)29)17-12-19(3)30;1-3-2/h7-8,10-17,22H,3,5-6,9,18,30H2,1-2,4H3;3H2,1-2H3/b17-12-,24-20-;. The van der Waals surface area contributed by atoms with Crippen LogP contribution in [0.1, 0.15) is 71.4 Å². The predicted molar refractivity (Wildman–Crippen MR) is 151 cm³/mol. The Balaban J connectivity index is 0.00000137. The van der Waals surface area contributed by atoms with E-state index in [0.717, 1.165) is 47.3 Å². The van der Waals surface area contributed by atoms with E-state index in [1.807, 2.05) is 24.3 Å². The van der Waals surface area contributed by atoms with E-state index in [-0.39, 0.29) is 11.9 Å². The van der Waals surface area contributed by atoms with Crippen molar-refractivity contribution in [2.24, 2.45) is 5.73 Å². The number of benzene rings is 2. The van der Waals surface area contributed by atoms with E-state index in [2.05, 4.69) is 58.5 Å². The molecular weight excluding hydrogens is 453 g/mol. The predicted octanol–water partition coefficient (Wildman–Crippen LogP) is 9.24. The van der Waals surface area contributed by atoms with Gasteiger partial charge in [-0.25, -0.2) is 4.39 Å². The van der Waals surface area contributed by atoms with Crippen molar-refractivity contribution in [3.05, 3.63) is 101 Å². The molecule has 2 nitrogen and oxygen atoms in total. The lowest BCUT2D eigenvalue weighted by Gasteiger charge is -2.25. The van der Waals surface area contributed by atoms with E-state index in [1.165, 1.54) is 18.2 Å². The summed E-state index contributed by atoms with van der Waals surface area (Å²) in [7, 11) is 0. The third-order valence-corrected chi connectivity index (χ3v) is 6.60. The fraction of sp³-hybridized carbons (Fsp3) is 0.355. The molecule has 1 heterocycles. The molecule has 35 heavy (non-hydrogen) atoms. The van der Waals surface area contributed by atoms with Gasteiger partial charge in [-0.1, -0.05) is 83.5 Å². The Hall–Kier alpha value is -2.72. The van der Waals surface area contributed by atoms with E-state index in [1.54, 1.807) is 23.9 Å². The van der Waals surface area contributed by atoms with Gasteiger partial charge in [0.25, 0.3) is 0 Å². The summed E-state index contributed by atoms with van der Waals surface area (Å²) in [6.45, 7) is 13.8. The Kier molecular flexibility index (Phi) is 11.9. The minimum absolute atomic E-state index is 0.227. The van der Waals surface area contributed by atoms with Gasteiger partial charge in [0, 0.05) is 21.9 Å². The molecule has 1 atom stereocenters. The molecule has 0 aromatic heterocycles. The Morgan fingerprint density at radius 2 is 1.74 bits per heavy atom. The molecular formula is C31H40FNOS. The van der Waals surface area contributed by atoms with E-state index >= 15 is 0 Å². The number of hydrogen-bond donors (Lipinski definition) is 1. The molecule has 0 radical (unpaired) electrons. The van der Waals surface area contributed by atoms with Crippen LogP contribution >= 0.6 is 11.8 Å². The molecule has 0 aliphatic carbocycles. The Morgan fingerprint density at radius 1 is 1.09 bits per heavy atom. The van der Waals surface area contributed by atoms with Gasteiger partial charge in [0.15, 0.2) is 0 Å². The fourth-order valence-corrected chi connectivity index (χ4v) is 5.00. The van der Waals surface area contributed by atoms with E-state index in [4.69, 9.17) is 10.5 Å². The largest absolute Gasteiger partial charge is 0.490 e. The van der Waals surface area contributed by atoms with Crippen LogP contribution in [-0.4, -0.2) is 11.9 Å². The number of fused-ring (bicyclic) bond motifs is 1. The van der Waals surface area contributed by atoms with Crippen molar-refractivity contribution in [3.63, 3.8) is 0 Å². The first-order valence-electron chi connectivity index (χ1n) is 12.6. The lowest BCUT2D eigenvalue weighted by molar-refractivity contribution is 0.186. The molecule has 0 spiro atoms.